The molecule has 112 valence electrons. The molecule has 0 aliphatic carbocycles. The fourth-order valence-corrected chi connectivity index (χ4v) is 3.34. The molecule has 0 unspecified atom stereocenters. The second-order valence-corrected chi connectivity index (χ2v) is 6.07. The average Bonchev–Trinajstić information content (AvgIpc) is 2.89. The minimum absolute atomic E-state index is 0.301. The van der Waals surface area contributed by atoms with Crippen LogP contribution < -0.4 is 0 Å². The van der Waals surface area contributed by atoms with Crippen LogP contribution in [-0.2, 0) is 12.8 Å². The second kappa shape index (κ2) is 6.50. The summed E-state index contributed by atoms with van der Waals surface area (Å²) in [5.41, 5.74) is 1.48. The smallest absolute Gasteiger partial charge is 0.191 e. The third-order valence-electron chi connectivity index (χ3n) is 3.27. The molecule has 0 aliphatic heterocycles. The van der Waals surface area contributed by atoms with E-state index in [-0.39, 0.29) is 5.82 Å². The summed E-state index contributed by atoms with van der Waals surface area (Å²) in [5, 5.41) is 9.53. The molecule has 6 heteroatoms. The Morgan fingerprint density at radius 3 is 2.59 bits per heavy atom. The number of hydrogen-bond donors (Lipinski definition) is 0. The summed E-state index contributed by atoms with van der Waals surface area (Å²) in [6.45, 7) is 0. The molecule has 1 heterocycles. The molecule has 0 atom stereocenters. The summed E-state index contributed by atoms with van der Waals surface area (Å²) in [6.07, 6.45) is 0. The predicted octanol–water partition coefficient (Wildman–Crippen LogP) is 4.57. The molecule has 0 fully saturated rings. The van der Waals surface area contributed by atoms with Crippen LogP contribution in [0.3, 0.4) is 0 Å². The molecular formula is C16H13ClFN3S. The van der Waals surface area contributed by atoms with Crippen LogP contribution in [0.5, 0.6) is 0 Å². The minimum Gasteiger partial charge on any atom is -0.305 e. The van der Waals surface area contributed by atoms with E-state index in [0.717, 1.165) is 16.5 Å². The van der Waals surface area contributed by atoms with Gasteiger partial charge in [-0.25, -0.2) is 4.39 Å². The lowest BCUT2D eigenvalue weighted by Crippen LogP contribution is -1.96. The first-order valence-electron chi connectivity index (χ1n) is 6.67. The van der Waals surface area contributed by atoms with Gasteiger partial charge in [-0.2, -0.15) is 0 Å². The van der Waals surface area contributed by atoms with Gasteiger partial charge in [0.05, 0.1) is 0 Å². The number of aromatic nitrogens is 3. The molecule has 3 rings (SSSR count). The third-order valence-corrected chi connectivity index (χ3v) is 4.68. The summed E-state index contributed by atoms with van der Waals surface area (Å²) >= 11 is 7.45. The Labute approximate surface area is 137 Å². The summed E-state index contributed by atoms with van der Waals surface area (Å²) in [6, 6.07) is 14.5. The van der Waals surface area contributed by atoms with Gasteiger partial charge in [-0.3, -0.25) is 0 Å². The molecule has 3 aromatic rings. The number of hydrogen-bond acceptors (Lipinski definition) is 3. The highest BCUT2D eigenvalue weighted by molar-refractivity contribution is 7.98. The van der Waals surface area contributed by atoms with Gasteiger partial charge in [-0.05, 0) is 12.1 Å². The third kappa shape index (κ3) is 3.00. The van der Waals surface area contributed by atoms with Gasteiger partial charge in [-0.1, -0.05) is 59.8 Å². The average molecular weight is 334 g/mol. The fraction of sp³-hybridized carbons (Fsp3) is 0.125. The van der Waals surface area contributed by atoms with Crippen LogP contribution in [0.1, 0.15) is 5.56 Å². The molecule has 22 heavy (non-hydrogen) atoms. The number of benzene rings is 2. The van der Waals surface area contributed by atoms with E-state index in [1.54, 1.807) is 12.1 Å². The van der Waals surface area contributed by atoms with Crippen molar-refractivity contribution in [3.63, 3.8) is 0 Å². The van der Waals surface area contributed by atoms with Crippen molar-refractivity contribution >= 4 is 23.4 Å². The summed E-state index contributed by atoms with van der Waals surface area (Å²) in [7, 11) is 1.90. The minimum atomic E-state index is -0.301. The SMILES string of the molecule is Cn1c(SCc2c(F)cccc2Cl)nnc1-c1ccccc1. The standard InChI is InChI=1S/C16H13ClFN3S/c1-21-15(11-6-3-2-4-7-11)19-20-16(21)22-10-12-13(17)8-5-9-14(12)18/h2-9H,10H2,1H3. The maximum Gasteiger partial charge on any atom is 0.191 e. The largest absolute Gasteiger partial charge is 0.305 e. The van der Waals surface area contributed by atoms with Crippen LogP contribution in [0.4, 0.5) is 4.39 Å². The van der Waals surface area contributed by atoms with E-state index in [4.69, 9.17) is 11.6 Å². The van der Waals surface area contributed by atoms with Gasteiger partial charge < -0.3 is 4.57 Å². The van der Waals surface area contributed by atoms with Crippen molar-refractivity contribution in [1.82, 2.24) is 14.8 Å². The quantitative estimate of drug-likeness (QED) is 0.655. The molecule has 2 aromatic carbocycles. The lowest BCUT2D eigenvalue weighted by Gasteiger charge is -2.06. The highest BCUT2D eigenvalue weighted by atomic mass is 35.5. The van der Waals surface area contributed by atoms with Crippen LogP contribution in [0, 0.1) is 5.82 Å². The van der Waals surface area contributed by atoms with Gasteiger partial charge in [0, 0.05) is 29.0 Å². The van der Waals surface area contributed by atoms with Crippen molar-refractivity contribution in [3.05, 3.63) is 64.9 Å². The van der Waals surface area contributed by atoms with Gasteiger partial charge >= 0.3 is 0 Å². The van der Waals surface area contributed by atoms with Crippen molar-refractivity contribution in [2.75, 3.05) is 0 Å². The normalized spacial score (nSPS) is 10.9. The Bertz CT molecular complexity index is 769. The van der Waals surface area contributed by atoms with Gasteiger partial charge in [0.25, 0.3) is 0 Å². The number of thioether (sulfide) groups is 1. The van der Waals surface area contributed by atoms with Crippen LogP contribution in [-0.4, -0.2) is 14.8 Å². The first-order valence-corrected chi connectivity index (χ1v) is 8.03. The second-order valence-electron chi connectivity index (χ2n) is 4.72. The highest BCUT2D eigenvalue weighted by Crippen LogP contribution is 2.29. The van der Waals surface area contributed by atoms with Gasteiger partial charge in [0.1, 0.15) is 5.82 Å². The summed E-state index contributed by atoms with van der Waals surface area (Å²) < 4.78 is 15.7. The van der Waals surface area contributed by atoms with E-state index in [1.807, 2.05) is 41.9 Å². The number of halogens is 2. The molecule has 0 radical (unpaired) electrons. The van der Waals surface area contributed by atoms with Crippen molar-refractivity contribution in [2.24, 2.45) is 7.05 Å². The molecule has 0 amide bonds. The van der Waals surface area contributed by atoms with E-state index >= 15 is 0 Å². The van der Waals surface area contributed by atoms with Crippen molar-refractivity contribution in [3.8, 4) is 11.4 Å². The molecule has 0 N–H and O–H groups in total. The van der Waals surface area contributed by atoms with Crippen LogP contribution >= 0.6 is 23.4 Å². The Balaban J connectivity index is 1.81. The molecule has 0 aliphatic rings. The Morgan fingerprint density at radius 2 is 1.86 bits per heavy atom. The predicted molar refractivity (Wildman–Crippen MR) is 87.4 cm³/mol. The molecule has 3 nitrogen and oxygen atoms in total. The Kier molecular flexibility index (Phi) is 4.45. The Morgan fingerprint density at radius 1 is 1.09 bits per heavy atom. The molecule has 0 bridgehead atoms. The summed E-state index contributed by atoms with van der Waals surface area (Å²) in [4.78, 5) is 0. The van der Waals surface area contributed by atoms with E-state index in [1.165, 1.54) is 17.8 Å². The first-order chi connectivity index (χ1) is 10.7. The van der Waals surface area contributed by atoms with Gasteiger partial charge in [-0.15, -0.1) is 10.2 Å². The lowest BCUT2D eigenvalue weighted by atomic mass is 10.2. The summed E-state index contributed by atoms with van der Waals surface area (Å²) in [5.74, 6) is 0.889. The van der Waals surface area contributed by atoms with Crippen LogP contribution in [0.2, 0.25) is 5.02 Å². The first kappa shape index (κ1) is 15.1. The van der Waals surface area contributed by atoms with E-state index < -0.39 is 0 Å². The maximum absolute atomic E-state index is 13.8. The van der Waals surface area contributed by atoms with E-state index in [9.17, 15) is 4.39 Å². The number of nitrogens with zero attached hydrogens (tertiary/aromatic N) is 3. The molecule has 0 saturated heterocycles. The van der Waals surface area contributed by atoms with Crippen molar-refractivity contribution in [2.45, 2.75) is 10.9 Å². The fourth-order valence-electron chi connectivity index (χ4n) is 2.09. The van der Waals surface area contributed by atoms with Crippen molar-refractivity contribution < 1.29 is 4.39 Å². The maximum atomic E-state index is 13.8. The van der Waals surface area contributed by atoms with Crippen molar-refractivity contribution in [1.29, 1.82) is 0 Å². The van der Waals surface area contributed by atoms with Crippen LogP contribution in [0.15, 0.2) is 53.7 Å². The monoisotopic (exact) mass is 333 g/mol. The molecule has 0 spiro atoms. The van der Waals surface area contributed by atoms with Crippen LogP contribution in [0.25, 0.3) is 11.4 Å². The van der Waals surface area contributed by atoms with Gasteiger partial charge in [0.15, 0.2) is 11.0 Å². The lowest BCUT2D eigenvalue weighted by molar-refractivity contribution is 0.617. The van der Waals surface area contributed by atoms with E-state index in [0.29, 0.717) is 16.3 Å². The Hall–Kier alpha value is -1.85. The number of rotatable bonds is 4. The zero-order valence-electron chi connectivity index (χ0n) is 11.8. The molecule has 1 aromatic heterocycles. The van der Waals surface area contributed by atoms with E-state index in [2.05, 4.69) is 10.2 Å². The topological polar surface area (TPSA) is 30.7 Å². The zero-order chi connectivity index (χ0) is 15.5. The molecular weight excluding hydrogens is 321 g/mol. The highest BCUT2D eigenvalue weighted by Gasteiger charge is 2.13. The molecule has 0 saturated carbocycles. The zero-order valence-corrected chi connectivity index (χ0v) is 13.4. The van der Waals surface area contributed by atoms with Gasteiger partial charge in [0.2, 0.25) is 0 Å².